The quantitative estimate of drug-likeness (QED) is 0.504. The zero-order valence-electron chi connectivity index (χ0n) is 5.94. The van der Waals surface area contributed by atoms with E-state index in [9.17, 15) is 9.90 Å². The van der Waals surface area contributed by atoms with Gasteiger partial charge in [0.1, 0.15) is 0 Å². The number of carbonyl (C=O) groups excluding carboxylic acids is 1. The number of aliphatic imine (C=N–C) groups is 1. The summed E-state index contributed by atoms with van der Waals surface area (Å²) in [5, 5.41) is 9.35. The lowest BCUT2D eigenvalue weighted by molar-refractivity contribution is 0.0437. The van der Waals surface area contributed by atoms with Crippen LogP contribution in [-0.4, -0.2) is 11.2 Å². The molecular weight excluding hydrogens is 146 g/mol. The third-order valence-electron chi connectivity index (χ3n) is 1.25. The average Bonchev–Trinajstić information content (AvgIpc) is 2.37. The maximum Gasteiger partial charge on any atom is 0.238 e. The first-order valence-corrected chi connectivity index (χ1v) is 3.02. The summed E-state index contributed by atoms with van der Waals surface area (Å²) in [5.74, 6) is 0.223. The van der Waals surface area contributed by atoms with Crippen molar-refractivity contribution in [1.29, 1.82) is 0 Å². The van der Waals surface area contributed by atoms with Crippen LogP contribution in [-0.2, 0) is 10.5 Å². The molecule has 1 rings (SSSR count). The molecule has 11 heavy (non-hydrogen) atoms. The maximum atomic E-state index is 9.82. The first-order chi connectivity index (χ1) is 5.17. The van der Waals surface area contributed by atoms with Gasteiger partial charge in [-0.2, -0.15) is 4.99 Å². The minimum Gasteiger partial charge on any atom is -0.464 e. The predicted molar refractivity (Wildman–Crippen MR) is 36.4 cm³/mol. The minimum absolute atomic E-state index is 0.223. The number of isocyanates is 1. The lowest BCUT2D eigenvalue weighted by Crippen LogP contribution is -2.16. The van der Waals surface area contributed by atoms with Gasteiger partial charge in [-0.1, -0.05) is 0 Å². The van der Waals surface area contributed by atoms with Crippen molar-refractivity contribution in [3.8, 4) is 0 Å². The van der Waals surface area contributed by atoms with Crippen molar-refractivity contribution < 1.29 is 14.3 Å². The summed E-state index contributed by atoms with van der Waals surface area (Å²) in [6, 6.07) is 3.13. The molecule has 0 amide bonds. The van der Waals surface area contributed by atoms with Crippen LogP contribution in [0.3, 0.4) is 0 Å². The zero-order valence-corrected chi connectivity index (χ0v) is 5.94. The van der Waals surface area contributed by atoms with E-state index in [-0.39, 0.29) is 5.76 Å². The molecule has 1 heterocycles. The molecule has 0 saturated heterocycles. The molecule has 0 aliphatic carbocycles. The van der Waals surface area contributed by atoms with Gasteiger partial charge in [-0.05, 0) is 19.1 Å². The molecular formula is C7H7NO3. The van der Waals surface area contributed by atoms with Crippen molar-refractivity contribution in [2.45, 2.75) is 12.6 Å². The van der Waals surface area contributed by atoms with Gasteiger partial charge < -0.3 is 9.52 Å². The number of rotatable bonds is 2. The zero-order chi connectivity index (χ0) is 8.32. The molecule has 58 valence electrons. The molecule has 0 aromatic carbocycles. The number of hydrogen-bond donors (Lipinski definition) is 1. The third kappa shape index (κ3) is 1.55. The van der Waals surface area contributed by atoms with E-state index in [1.807, 2.05) is 0 Å². The van der Waals surface area contributed by atoms with E-state index in [4.69, 9.17) is 4.42 Å². The van der Waals surface area contributed by atoms with Crippen molar-refractivity contribution in [2.75, 3.05) is 0 Å². The Balaban J connectivity index is 2.99. The van der Waals surface area contributed by atoms with Crippen LogP contribution in [0.15, 0.2) is 27.8 Å². The van der Waals surface area contributed by atoms with Crippen molar-refractivity contribution in [3.63, 3.8) is 0 Å². The molecule has 0 saturated carbocycles. The van der Waals surface area contributed by atoms with Gasteiger partial charge in [0.2, 0.25) is 11.8 Å². The van der Waals surface area contributed by atoms with E-state index in [0.29, 0.717) is 0 Å². The van der Waals surface area contributed by atoms with Crippen LogP contribution in [0.4, 0.5) is 0 Å². The standard InChI is InChI=1S/C7H7NO3/c1-7(10,8-5-9)6-3-2-4-11-6/h2-4,10H,1H3. The Morgan fingerprint density at radius 1 is 1.82 bits per heavy atom. The molecule has 0 spiro atoms. The van der Waals surface area contributed by atoms with Gasteiger partial charge in [0.15, 0.2) is 5.76 Å². The van der Waals surface area contributed by atoms with E-state index < -0.39 is 5.72 Å². The summed E-state index contributed by atoms with van der Waals surface area (Å²) in [7, 11) is 0. The number of nitrogens with zero attached hydrogens (tertiary/aromatic N) is 1. The smallest absolute Gasteiger partial charge is 0.238 e. The van der Waals surface area contributed by atoms with Crippen molar-refractivity contribution in [2.24, 2.45) is 4.99 Å². The van der Waals surface area contributed by atoms with Gasteiger partial charge >= 0.3 is 0 Å². The van der Waals surface area contributed by atoms with Crippen molar-refractivity contribution >= 4 is 6.08 Å². The fourth-order valence-electron chi connectivity index (χ4n) is 0.692. The molecule has 1 unspecified atom stereocenters. The van der Waals surface area contributed by atoms with Crippen molar-refractivity contribution in [1.82, 2.24) is 0 Å². The Hall–Kier alpha value is -1.38. The minimum atomic E-state index is -1.59. The van der Waals surface area contributed by atoms with Crippen LogP contribution in [0.5, 0.6) is 0 Å². The van der Waals surface area contributed by atoms with Crippen LogP contribution in [0, 0.1) is 0 Å². The lowest BCUT2D eigenvalue weighted by Gasteiger charge is -2.11. The molecule has 4 nitrogen and oxygen atoms in total. The van der Waals surface area contributed by atoms with E-state index in [1.54, 1.807) is 6.07 Å². The predicted octanol–water partition coefficient (Wildman–Crippen LogP) is 0.780. The summed E-state index contributed by atoms with van der Waals surface area (Å²) in [6.07, 6.45) is 2.65. The monoisotopic (exact) mass is 153 g/mol. The normalized spacial score (nSPS) is 15.1. The Labute approximate surface area is 63.2 Å². The van der Waals surface area contributed by atoms with Gasteiger partial charge in [0, 0.05) is 0 Å². The Bertz CT molecular complexity index is 270. The molecule has 0 aliphatic heterocycles. The summed E-state index contributed by atoms with van der Waals surface area (Å²) in [4.78, 5) is 13.0. The highest BCUT2D eigenvalue weighted by Crippen LogP contribution is 2.20. The topological polar surface area (TPSA) is 62.8 Å². The summed E-state index contributed by atoms with van der Waals surface area (Å²) in [6.45, 7) is 1.34. The number of aliphatic hydroxyl groups is 1. The highest BCUT2D eigenvalue weighted by atomic mass is 16.4. The Morgan fingerprint density at radius 2 is 2.55 bits per heavy atom. The SMILES string of the molecule is CC(O)(N=C=O)c1ccco1. The van der Waals surface area contributed by atoms with Crippen LogP contribution >= 0.6 is 0 Å². The maximum absolute atomic E-state index is 9.82. The molecule has 1 atom stereocenters. The highest BCUT2D eigenvalue weighted by molar-refractivity contribution is 5.35. The second kappa shape index (κ2) is 2.70. The van der Waals surface area contributed by atoms with Crippen LogP contribution in [0.25, 0.3) is 0 Å². The summed E-state index contributed by atoms with van der Waals surface area (Å²) >= 11 is 0. The second-order valence-electron chi connectivity index (χ2n) is 2.20. The fraction of sp³-hybridized carbons (Fsp3) is 0.286. The molecule has 1 aromatic heterocycles. The molecule has 1 N–H and O–H groups in total. The van der Waals surface area contributed by atoms with Crippen LogP contribution < -0.4 is 0 Å². The first-order valence-electron chi connectivity index (χ1n) is 3.02. The van der Waals surface area contributed by atoms with Crippen LogP contribution in [0.2, 0.25) is 0 Å². The Morgan fingerprint density at radius 3 is 3.00 bits per heavy atom. The van der Waals surface area contributed by atoms with Gasteiger partial charge in [0.25, 0.3) is 0 Å². The molecule has 4 heteroatoms. The van der Waals surface area contributed by atoms with Gasteiger partial charge in [-0.25, -0.2) is 4.79 Å². The van der Waals surface area contributed by atoms with Gasteiger partial charge in [0.05, 0.1) is 6.26 Å². The fourth-order valence-corrected chi connectivity index (χ4v) is 0.692. The second-order valence-corrected chi connectivity index (χ2v) is 2.20. The van der Waals surface area contributed by atoms with Gasteiger partial charge in [-0.3, -0.25) is 0 Å². The molecule has 0 radical (unpaired) electrons. The highest BCUT2D eigenvalue weighted by Gasteiger charge is 2.24. The van der Waals surface area contributed by atoms with E-state index in [2.05, 4.69) is 4.99 Å². The van der Waals surface area contributed by atoms with E-state index in [0.717, 1.165) is 0 Å². The number of furan rings is 1. The number of hydrogen-bond acceptors (Lipinski definition) is 4. The third-order valence-corrected chi connectivity index (χ3v) is 1.25. The summed E-state index contributed by atoms with van der Waals surface area (Å²) < 4.78 is 4.83. The lowest BCUT2D eigenvalue weighted by atomic mass is 10.2. The van der Waals surface area contributed by atoms with Gasteiger partial charge in [-0.15, -0.1) is 0 Å². The molecule has 0 bridgehead atoms. The van der Waals surface area contributed by atoms with Crippen LogP contribution in [0.1, 0.15) is 12.7 Å². The molecule has 0 fully saturated rings. The largest absolute Gasteiger partial charge is 0.464 e. The molecule has 0 aliphatic rings. The Kier molecular flexibility index (Phi) is 1.89. The van der Waals surface area contributed by atoms with E-state index in [1.165, 1.54) is 25.3 Å². The van der Waals surface area contributed by atoms with Crippen molar-refractivity contribution in [3.05, 3.63) is 24.2 Å². The van der Waals surface area contributed by atoms with E-state index >= 15 is 0 Å². The average molecular weight is 153 g/mol. The summed E-state index contributed by atoms with van der Waals surface area (Å²) in [5.41, 5.74) is -1.59. The molecule has 1 aromatic rings. The first kappa shape index (κ1) is 7.72.